The van der Waals surface area contributed by atoms with Gasteiger partial charge in [-0.05, 0) is 48.1 Å². The molecule has 2 aliphatic rings. The molecule has 3 atom stereocenters. The van der Waals surface area contributed by atoms with Gasteiger partial charge in [-0.3, -0.25) is 4.98 Å². The SMILES string of the molecule is CC1(C)[C@@H]2CC[C@@]1(C)[C@H](NCc1ccccn1)C2. The Morgan fingerprint density at radius 1 is 1.33 bits per heavy atom. The molecule has 1 N–H and O–H groups in total. The molecule has 0 unspecified atom stereocenters. The Kier molecular flexibility index (Phi) is 2.74. The van der Waals surface area contributed by atoms with E-state index in [1.54, 1.807) is 0 Å². The predicted molar refractivity (Wildman–Crippen MR) is 74.1 cm³/mol. The van der Waals surface area contributed by atoms with Crippen LogP contribution < -0.4 is 5.32 Å². The molecule has 2 saturated carbocycles. The lowest BCUT2D eigenvalue weighted by molar-refractivity contribution is 0.120. The molecule has 98 valence electrons. The first kappa shape index (κ1) is 12.2. The van der Waals surface area contributed by atoms with Crippen molar-refractivity contribution in [2.24, 2.45) is 16.7 Å². The van der Waals surface area contributed by atoms with Crippen molar-refractivity contribution in [1.82, 2.24) is 10.3 Å². The number of fused-ring (bicyclic) bond motifs is 2. The maximum absolute atomic E-state index is 4.40. The molecule has 2 heteroatoms. The van der Waals surface area contributed by atoms with Crippen LogP contribution in [0.4, 0.5) is 0 Å². The summed E-state index contributed by atoms with van der Waals surface area (Å²) in [6.45, 7) is 8.32. The predicted octanol–water partition coefficient (Wildman–Crippen LogP) is 3.39. The van der Waals surface area contributed by atoms with E-state index in [4.69, 9.17) is 0 Å². The van der Waals surface area contributed by atoms with E-state index in [2.05, 4.69) is 43.2 Å². The minimum absolute atomic E-state index is 0.465. The second-order valence-electron chi connectivity index (χ2n) is 6.87. The molecule has 2 nitrogen and oxygen atoms in total. The first-order chi connectivity index (χ1) is 8.54. The summed E-state index contributed by atoms with van der Waals surface area (Å²) in [5, 5.41) is 3.76. The first-order valence-electron chi connectivity index (χ1n) is 7.17. The van der Waals surface area contributed by atoms with Crippen molar-refractivity contribution in [3.63, 3.8) is 0 Å². The zero-order valence-electron chi connectivity index (χ0n) is 11.7. The summed E-state index contributed by atoms with van der Waals surface area (Å²) in [6, 6.07) is 6.81. The van der Waals surface area contributed by atoms with Crippen LogP contribution in [-0.4, -0.2) is 11.0 Å². The molecule has 0 aliphatic heterocycles. The normalized spacial score (nSPS) is 37.1. The fourth-order valence-electron chi connectivity index (χ4n) is 4.24. The van der Waals surface area contributed by atoms with Crippen LogP contribution in [0.25, 0.3) is 0 Å². The molecule has 0 saturated heterocycles. The number of hydrogen-bond donors (Lipinski definition) is 1. The molecular formula is C16H24N2. The van der Waals surface area contributed by atoms with Crippen LogP contribution in [0.1, 0.15) is 45.7 Å². The van der Waals surface area contributed by atoms with E-state index in [-0.39, 0.29) is 0 Å². The van der Waals surface area contributed by atoms with Crippen molar-refractivity contribution in [3.8, 4) is 0 Å². The van der Waals surface area contributed by atoms with E-state index in [0.717, 1.165) is 18.2 Å². The van der Waals surface area contributed by atoms with Gasteiger partial charge in [-0.15, -0.1) is 0 Å². The molecule has 0 aromatic carbocycles. The Bertz CT molecular complexity index is 426. The van der Waals surface area contributed by atoms with E-state index >= 15 is 0 Å². The molecule has 2 fully saturated rings. The Labute approximate surface area is 110 Å². The fraction of sp³-hybridized carbons (Fsp3) is 0.688. The molecule has 1 heterocycles. The van der Waals surface area contributed by atoms with E-state index in [1.807, 2.05) is 12.3 Å². The van der Waals surface area contributed by atoms with Crippen LogP contribution in [-0.2, 0) is 6.54 Å². The quantitative estimate of drug-likeness (QED) is 0.881. The lowest BCUT2D eigenvalue weighted by Gasteiger charge is -2.39. The molecule has 0 amide bonds. The first-order valence-corrected chi connectivity index (χ1v) is 7.17. The highest BCUT2D eigenvalue weighted by Crippen LogP contribution is 2.65. The topological polar surface area (TPSA) is 24.9 Å². The van der Waals surface area contributed by atoms with E-state index in [9.17, 15) is 0 Å². The van der Waals surface area contributed by atoms with Gasteiger partial charge in [-0.2, -0.15) is 0 Å². The third kappa shape index (κ3) is 1.62. The molecule has 2 aliphatic carbocycles. The second kappa shape index (κ2) is 4.06. The fourth-order valence-corrected chi connectivity index (χ4v) is 4.24. The standard InChI is InChI=1S/C16H24N2/c1-15(2)12-7-8-16(15,3)14(10-12)18-11-13-6-4-5-9-17-13/h4-6,9,12,14,18H,7-8,10-11H2,1-3H3/t12-,14-,16+/m1/s1. The van der Waals surface area contributed by atoms with Gasteiger partial charge in [0.2, 0.25) is 0 Å². The number of pyridine rings is 1. The average Bonchev–Trinajstić information content (AvgIpc) is 2.70. The summed E-state index contributed by atoms with van der Waals surface area (Å²) < 4.78 is 0. The largest absolute Gasteiger partial charge is 0.308 e. The Hall–Kier alpha value is -0.890. The van der Waals surface area contributed by atoms with Crippen molar-refractivity contribution in [2.45, 2.75) is 52.6 Å². The monoisotopic (exact) mass is 244 g/mol. The third-order valence-electron chi connectivity index (χ3n) is 6.05. The minimum atomic E-state index is 0.465. The summed E-state index contributed by atoms with van der Waals surface area (Å²) in [5.41, 5.74) is 2.11. The van der Waals surface area contributed by atoms with Gasteiger partial charge >= 0.3 is 0 Å². The number of aromatic nitrogens is 1. The highest BCUT2D eigenvalue weighted by atomic mass is 15.0. The highest BCUT2D eigenvalue weighted by molar-refractivity contribution is 5.13. The molecule has 1 aromatic heterocycles. The molecule has 2 bridgehead atoms. The number of rotatable bonds is 3. The van der Waals surface area contributed by atoms with Crippen molar-refractivity contribution in [2.75, 3.05) is 0 Å². The third-order valence-corrected chi connectivity index (χ3v) is 6.05. The van der Waals surface area contributed by atoms with Gasteiger partial charge in [0.15, 0.2) is 0 Å². The van der Waals surface area contributed by atoms with Gasteiger partial charge in [-0.25, -0.2) is 0 Å². The van der Waals surface area contributed by atoms with Crippen LogP contribution in [0.2, 0.25) is 0 Å². The Morgan fingerprint density at radius 3 is 2.72 bits per heavy atom. The Morgan fingerprint density at radius 2 is 2.17 bits per heavy atom. The van der Waals surface area contributed by atoms with Crippen molar-refractivity contribution < 1.29 is 0 Å². The van der Waals surface area contributed by atoms with Crippen LogP contribution in [0.3, 0.4) is 0 Å². The molecular weight excluding hydrogens is 220 g/mol. The van der Waals surface area contributed by atoms with Crippen molar-refractivity contribution in [1.29, 1.82) is 0 Å². The highest BCUT2D eigenvalue weighted by Gasteiger charge is 2.60. The van der Waals surface area contributed by atoms with E-state index < -0.39 is 0 Å². The van der Waals surface area contributed by atoms with Gasteiger partial charge in [0.05, 0.1) is 5.69 Å². The van der Waals surface area contributed by atoms with E-state index in [0.29, 0.717) is 16.9 Å². The zero-order valence-corrected chi connectivity index (χ0v) is 11.7. The Balaban J connectivity index is 1.69. The van der Waals surface area contributed by atoms with Gasteiger partial charge in [0.1, 0.15) is 0 Å². The summed E-state index contributed by atoms with van der Waals surface area (Å²) >= 11 is 0. The number of nitrogens with zero attached hydrogens (tertiary/aromatic N) is 1. The molecule has 18 heavy (non-hydrogen) atoms. The smallest absolute Gasteiger partial charge is 0.0541 e. The number of nitrogens with one attached hydrogen (secondary N) is 1. The summed E-state index contributed by atoms with van der Waals surface area (Å²) in [4.78, 5) is 4.40. The molecule has 3 rings (SSSR count). The van der Waals surface area contributed by atoms with Gasteiger partial charge in [-0.1, -0.05) is 26.8 Å². The summed E-state index contributed by atoms with van der Waals surface area (Å²) in [7, 11) is 0. The minimum Gasteiger partial charge on any atom is -0.308 e. The second-order valence-corrected chi connectivity index (χ2v) is 6.87. The maximum Gasteiger partial charge on any atom is 0.0541 e. The summed E-state index contributed by atoms with van der Waals surface area (Å²) in [5.74, 6) is 0.906. The van der Waals surface area contributed by atoms with Crippen LogP contribution >= 0.6 is 0 Å². The van der Waals surface area contributed by atoms with Gasteiger partial charge in [0.25, 0.3) is 0 Å². The van der Waals surface area contributed by atoms with Crippen LogP contribution in [0.5, 0.6) is 0 Å². The zero-order chi connectivity index (χ0) is 12.8. The average molecular weight is 244 g/mol. The number of hydrogen-bond acceptors (Lipinski definition) is 2. The van der Waals surface area contributed by atoms with Crippen LogP contribution in [0, 0.1) is 16.7 Å². The van der Waals surface area contributed by atoms with Crippen molar-refractivity contribution in [3.05, 3.63) is 30.1 Å². The lowest BCUT2D eigenvalue weighted by Crippen LogP contribution is -2.44. The molecule has 0 radical (unpaired) electrons. The lowest BCUT2D eigenvalue weighted by atomic mass is 9.69. The van der Waals surface area contributed by atoms with Gasteiger partial charge < -0.3 is 5.32 Å². The molecule has 0 spiro atoms. The molecule has 1 aromatic rings. The van der Waals surface area contributed by atoms with E-state index in [1.165, 1.54) is 19.3 Å². The van der Waals surface area contributed by atoms with Crippen molar-refractivity contribution >= 4 is 0 Å². The van der Waals surface area contributed by atoms with Gasteiger partial charge in [0, 0.05) is 18.8 Å². The summed E-state index contributed by atoms with van der Waals surface area (Å²) in [6.07, 6.45) is 6.02. The maximum atomic E-state index is 4.40. The van der Waals surface area contributed by atoms with Crippen LogP contribution in [0.15, 0.2) is 24.4 Å².